The number of rotatable bonds is 6. The second-order valence-electron chi connectivity index (χ2n) is 2.48. The van der Waals surface area contributed by atoms with Crippen LogP contribution in [0.2, 0.25) is 0 Å². The van der Waals surface area contributed by atoms with Gasteiger partial charge in [0.25, 0.3) is 0 Å². The van der Waals surface area contributed by atoms with Gasteiger partial charge < -0.3 is 5.32 Å². The third-order valence-electron chi connectivity index (χ3n) is 1.39. The van der Waals surface area contributed by atoms with Crippen LogP contribution in [0.15, 0.2) is 0 Å². The molecule has 0 aliphatic carbocycles. The SMILES string of the molecule is CCS(=O)(=O)NCCNC(=O)CC#N. The van der Waals surface area contributed by atoms with Crippen LogP contribution < -0.4 is 10.0 Å². The summed E-state index contributed by atoms with van der Waals surface area (Å²) in [7, 11) is -3.20. The Morgan fingerprint density at radius 2 is 2.07 bits per heavy atom. The Morgan fingerprint density at radius 1 is 1.43 bits per heavy atom. The van der Waals surface area contributed by atoms with Crippen LogP contribution in [-0.2, 0) is 14.8 Å². The smallest absolute Gasteiger partial charge is 0.234 e. The molecule has 0 fully saturated rings. The predicted octanol–water partition coefficient (Wildman–Crippen LogP) is -1.04. The summed E-state index contributed by atoms with van der Waals surface area (Å²) in [5, 5.41) is 10.5. The van der Waals surface area contributed by atoms with Gasteiger partial charge in [-0.2, -0.15) is 5.26 Å². The summed E-state index contributed by atoms with van der Waals surface area (Å²) in [6.07, 6.45) is -0.208. The van der Waals surface area contributed by atoms with Gasteiger partial charge in [-0.3, -0.25) is 4.79 Å². The lowest BCUT2D eigenvalue weighted by molar-refractivity contribution is -0.120. The average Bonchev–Trinajstić information content (AvgIpc) is 2.13. The third-order valence-corrected chi connectivity index (χ3v) is 2.79. The molecule has 0 bridgehead atoms. The maximum Gasteiger partial charge on any atom is 0.234 e. The normalized spacial score (nSPS) is 10.6. The highest BCUT2D eigenvalue weighted by Crippen LogP contribution is 1.80. The highest BCUT2D eigenvalue weighted by atomic mass is 32.2. The third kappa shape index (κ3) is 6.39. The number of sulfonamides is 1. The van der Waals surface area contributed by atoms with Crippen LogP contribution >= 0.6 is 0 Å². The Morgan fingerprint density at radius 3 is 2.57 bits per heavy atom. The Balaban J connectivity index is 3.58. The molecule has 0 radical (unpaired) electrons. The monoisotopic (exact) mass is 219 g/mol. The Labute approximate surface area is 83.3 Å². The minimum absolute atomic E-state index is 0.0130. The zero-order valence-electron chi connectivity index (χ0n) is 7.91. The van der Waals surface area contributed by atoms with E-state index in [1.54, 1.807) is 6.07 Å². The number of carbonyl (C=O) groups excluding carboxylic acids is 1. The molecule has 0 unspecified atom stereocenters. The second kappa shape index (κ2) is 6.34. The largest absolute Gasteiger partial charge is 0.354 e. The summed E-state index contributed by atoms with van der Waals surface area (Å²) in [4.78, 5) is 10.7. The summed E-state index contributed by atoms with van der Waals surface area (Å²) in [6.45, 7) is 1.86. The van der Waals surface area contributed by atoms with Gasteiger partial charge >= 0.3 is 0 Å². The van der Waals surface area contributed by atoms with E-state index in [2.05, 4.69) is 10.0 Å². The van der Waals surface area contributed by atoms with Crippen molar-refractivity contribution in [2.75, 3.05) is 18.8 Å². The van der Waals surface area contributed by atoms with E-state index in [4.69, 9.17) is 5.26 Å². The molecule has 6 nitrogen and oxygen atoms in total. The molecule has 80 valence electrons. The molecule has 0 heterocycles. The Bertz CT molecular complexity index is 318. The van der Waals surface area contributed by atoms with E-state index >= 15 is 0 Å². The highest BCUT2D eigenvalue weighted by molar-refractivity contribution is 7.89. The first-order valence-electron chi connectivity index (χ1n) is 4.13. The van der Waals surface area contributed by atoms with Crippen LogP contribution in [0.3, 0.4) is 0 Å². The first-order valence-corrected chi connectivity index (χ1v) is 5.78. The van der Waals surface area contributed by atoms with Gasteiger partial charge in [0.1, 0.15) is 6.42 Å². The van der Waals surface area contributed by atoms with E-state index in [-0.39, 0.29) is 25.3 Å². The standard InChI is InChI=1S/C7H13N3O3S/c1-2-14(12,13)10-6-5-9-7(11)3-4-8/h10H,2-3,5-6H2,1H3,(H,9,11). The first kappa shape index (κ1) is 12.9. The fourth-order valence-corrected chi connectivity index (χ4v) is 1.26. The molecule has 0 aromatic carbocycles. The van der Waals surface area contributed by atoms with Crippen molar-refractivity contribution in [1.82, 2.24) is 10.0 Å². The number of hydrogen-bond donors (Lipinski definition) is 2. The summed E-state index contributed by atoms with van der Waals surface area (Å²) in [5.41, 5.74) is 0. The van der Waals surface area contributed by atoms with Gasteiger partial charge in [-0.25, -0.2) is 13.1 Å². The minimum Gasteiger partial charge on any atom is -0.354 e. The fraction of sp³-hybridized carbons (Fsp3) is 0.714. The minimum atomic E-state index is -3.20. The number of nitriles is 1. The zero-order chi connectivity index (χ0) is 11.0. The van der Waals surface area contributed by atoms with Crippen LogP contribution in [-0.4, -0.2) is 33.2 Å². The highest BCUT2D eigenvalue weighted by Gasteiger charge is 2.05. The molecule has 0 rings (SSSR count). The lowest BCUT2D eigenvalue weighted by Gasteiger charge is -2.04. The molecule has 2 N–H and O–H groups in total. The van der Waals surface area contributed by atoms with Gasteiger partial charge in [0.15, 0.2) is 0 Å². The van der Waals surface area contributed by atoms with Gasteiger partial charge in [0.05, 0.1) is 11.8 Å². The Kier molecular flexibility index (Phi) is 5.83. The number of nitrogens with one attached hydrogen (secondary N) is 2. The maximum absolute atomic E-state index is 10.9. The van der Waals surface area contributed by atoms with Gasteiger partial charge in [-0.15, -0.1) is 0 Å². The summed E-state index contributed by atoms with van der Waals surface area (Å²) >= 11 is 0. The molecule has 0 saturated heterocycles. The lowest BCUT2D eigenvalue weighted by atomic mass is 10.4. The van der Waals surface area contributed by atoms with Gasteiger partial charge in [0.2, 0.25) is 15.9 Å². The first-order chi connectivity index (χ1) is 6.52. The van der Waals surface area contributed by atoms with E-state index in [0.717, 1.165) is 0 Å². The fourth-order valence-electron chi connectivity index (χ4n) is 0.645. The molecule has 7 heteroatoms. The molecule has 0 spiro atoms. The summed E-state index contributed by atoms with van der Waals surface area (Å²) in [5.74, 6) is -0.387. The van der Waals surface area contributed by atoms with Crippen molar-refractivity contribution in [2.24, 2.45) is 0 Å². The molecular weight excluding hydrogens is 206 g/mol. The molecule has 14 heavy (non-hydrogen) atoms. The summed E-state index contributed by atoms with van der Waals surface area (Å²) < 4.78 is 24.1. The van der Waals surface area contributed by atoms with Crippen LogP contribution in [0.25, 0.3) is 0 Å². The summed E-state index contributed by atoms with van der Waals surface area (Å²) in [6, 6.07) is 1.69. The molecule has 0 aliphatic heterocycles. The maximum atomic E-state index is 10.9. The van der Waals surface area contributed by atoms with E-state index in [1.807, 2.05) is 0 Å². The van der Waals surface area contributed by atoms with Crippen molar-refractivity contribution in [3.63, 3.8) is 0 Å². The quantitative estimate of drug-likeness (QED) is 0.557. The molecule has 1 amide bonds. The number of amides is 1. The van der Waals surface area contributed by atoms with E-state index < -0.39 is 15.9 Å². The van der Waals surface area contributed by atoms with Crippen LogP contribution in [0, 0.1) is 11.3 Å². The molecule has 0 atom stereocenters. The van der Waals surface area contributed by atoms with Crippen LogP contribution in [0.4, 0.5) is 0 Å². The van der Waals surface area contributed by atoms with Gasteiger partial charge in [-0.05, 0) is 6.92 Å². The molecular formula is C7H13N3O3S. The molecule has 0 aromatic heterocycles. The van der Waals surface area contributed by atoms with Crippen LogP contribution in [0.1, 0.15) is 13.3 Å². The molecule has 0 aliphatic rings. The van der Waals surface area contributed by atoms with Crippen LogP contribution in [0.5, 0.6) is 0 Å². The Hall–Kier alpha value is -1.13. The van der Waals surface area contributed by atoms with Gasteiger partial charge in [0, 0.05) is 13.1 Å². The van der Waals surface area contributed by atoms with Gasteiger partial charge in [-0.1, -0.05) is 0 Å². The van der Waals surface area contributed by atoms with E-state index in [9.17, 15) is 13.2 Å². The van der Waals surface area contributed by atoms with Crippen molar-refractivity contribution in [1.29, 1.82) is 5.26 Å². The zero-order valence-corrected chi connectivity index (χ0v) is 8.73. The van der Waals surface area contributed by atoms with Crippen molar-refractivity contribution in [2.45, 2.75) is 13.3 Å². The lowest BCUT2D eigenvalue weighted by Crippen LogP contribution is -2.35. The number of carbonyl (C=O) groups is 1. The van der Waals surface area contributed by atoms with E-state index in [0.29, 0.717) is 0 Å². The van der Waals surface area contributed by atoms with Crippen molar-refractivity contribution >= 4 is 15.9 Å². The predicted molar refractivity (Wildman–Crippen MR) is 50.7 cm³/mol. The van der Waals surface area contributed by atoms with Crippen molar-refractivity contribution in [3.8, 4) is 6.07 Å². The van der Waals surface area contributed by atoms with Crippen molar-refractivity contribution < 1.29 is 13.2 Å². The van der Waals surface area contributed by atoms with Crippen molar-refractivity contribution in [3.05, 3.63) is 0 Å². The average molecular weight is 219 g/mol. The van der Waals surface area contributed by atoms with E-state index in [1.165, 1.54) is 6.92 Å². The molecule has 0 aromatic rings. The molecule has 0 saturated carbocycles. The topological polar surface area (TPSA) is 99.1 Å². The number of hydrogen-bond acceptors (Lipinski definition) is 4. The second-order valence-corrected chi connectivity index (χ2v) is 4.58. The number of nitrogens with zero attached hydrogens (tertiary/aromatic N) is 1.